The van der Waals surface area contributed by atoms with E-state index in [4.69, 9.17) is 28.4 Å². The Morgan fingerprint density at radius 1 is 0.718 bits per heavy atom. The molecule has 0 bridgehead atoms. The van der Waals surface area contributed by atoms with Crippen LogP contribution in [0.25, 0.3) is 0 Å². The highest BCUT2D eigenvalue weighted by atomic mass is 16.8. The molecule has 0 radical (unpaired) electrons. The monoisotopic (exact) mass is 534 g/mol. The van der Waals surface area contributed by atoms with E-state index in [1.165, 1.54) is 13.8 Å². The number of carbonyl (C=O) groups excluding carboxylic acids is 2. The molecule has 0 aromatic heterocycles. The van der Waals surface area contributed by atoms with Crippen molar-refractivity contribution >= 4 is 11.9 Å². The Labute approximate surface area is 228 Å². The normalized spacial score (nSPS) is 22.4. The van der Waals surface area contributed by atoms with E-state index in [1.807, 2.05) is 91.0 Å². The van der Waals surface area contributed by atoms with Gasteiger partial charge < -0.3 is 28.4 Å². The molecule has 3 aromatic rings. The van der Waals surface area contributed by atoms with Crippen LogP contribution in [-0.2, 0) is 57.8 Å². The molecule has 1 heterocycles. The number of benzene rings is 3. The van der Waals surface area contributed by atoms with Crippen molar-refractivity contribution < 1.29 is 38.0 Å². The van der Waals surface area contributed by atoms with E-state index >= 15 is 0 Å². The second-order valence-electron chi connectivity index (χ2n) is 9.32. The number of hydrogen-bond donors (Lipinski definition) is 0. The summed E-state index contributed by atoms with van der Waals surface area (Å²) in [5.74, 6) is -2.88. The van der Waals surface area contributed by atoms with Crippen molar-refractivity contribution in [3.63, 3.8) is 0 Å². The molecule has 8 heteroatoms. The van der Waals surface area contributed by atoms with Gasteiger partial charge in [0, 0.05) is 13.8 Å². The standard InChI is InChI=1S/C31H34O8/c1-23(32)37-22-31(38-24(2)33)30(36-20-27-16-10-5-11-17-27)29(35-19-26-14-8-4-9-15-26)28(39-31)21-34-18-25-12-6-3-7-13-25/h3-17,28-30H,18-22H2,1-2H3/t28-,29-,30+,31?/m1/s1. The molecule has 0 spiro atoms. The predicted octanol–water partition coefficient (Wildman–Crippen LogP) is 4.60. The highest BCUT2D eigenvalue weighted by Crippen LogP contribution is 2.38. The minimum atomic E-state index is -1.73. The van der Waals surface area contributed by atoms with Crippen LogP contribution in [0.5, 0.6) is 0 Å². The van der Waals surface area contributed by atoms with Crippen molar-refractivity contribution in [1.29, 1.82) is 0 Å². The van der Waals surface area contributed by atoms with Gasteiger partial charge in [0.25, 0.3) is 5.79 Å². The largest absolute Gasteiger partial charge is 0.459 e. The van der Waals surface area contributed by atoms with E-state index in [0.29, 0.717) is 6.61 Å². The van der Waals surface area contributed by atoms with Crippen LogP contribution >= 0.6 is 0 Å². The highest BCUT2D eigenvalue weighted by molar-refractivity contribution is 5.67. The van der Waals surface area contributed by atoms with Gasteiger partial charge in [-0.2, -0.15) is 0 Å². The molecule has 206 valence electrons. The maximum Gasteiger partial charge on any atom is 0.305 e. The zero-order valence-electron chi connectivity index (χ0n) is 22.2. The van der Waals surface area contributed by atoms with Gasteiger partial charge in [-0.3, -0.25) is 9.59 Å². The Balaban J connectivity index is 1.61. The lowest BCUT2D eigenvalue weighted by Gasteiger charge is -2.33. The summed E-state index contributed by atoms with van der Waals surface area (Å²) in [4.78, 5) is 24.1. The second-order valence-corrected chi connectivity index (χ2v) is 9.32. The Morgan fingerprint density at radius 2 is 1.23 bits per heavy atom. The highest BCUT2D eigenvalue weighted by Gasteiger charge is 2.60. The van der Waals surface area contributed by atoms with Crippen LogP contribution in [0.3, 0.4) is 0 Å². The van der Waals surface area contributed by atoms with E-state index < -0.39 is 36.0 Å². The molecule has 1 unspecified atom stereocenters. The Bertz CT molecular complexity index is 1170. The molecule has 4 rings (SSSR count). The summed E-state index contributed by atoms with van der Waals surface area (Å²) in [6.07, 6.45) is -2.32. The molecule has 1 aliphatic rings. The molecule has 4 atom stereocenters. The SMILES string of the molecule is CC(=O)OCC1(OC(C)=O)O[C@H](COCc2ccccc2)[C@@H](OCc2ccccc2)[C@@H]1OCc1ccccc1. The fraction of sp³-hybridized carbons (Fsp3) is 0.355. The van der Waals surface area contributed by atoms with Gasteiger partial charge in [0.15, 0.2) is 12.7 Å². The van der Waals surface area contributed by atoms with Crippen molar-refractivity contribution in [1.82, 2.24) is 0 Å². The molecule has 39 heavy (non-hydrogen) atoms. The third-order valence-corrected chi connectivity index (χ3v) is 6.19. The Morgan fingerprint density at radius 3 is 1.74 bits per heavy atom. The fourth-order valence-corrected chi connectivity index (χ4v) is 4.45. The molecular formula is C31H34O8. The van der Waals surface area contributed by atoms with Crippen LogP contribution in [-0.4, -0.2) is 49.3 Å². The molecule has 0 saturated carbocycles. The molecule has 8 nitrogen and oxygen atoms in total. The predicted molar refractivity (Wildman–Crippen MR) is 142 cm³/mol. The average Bonchev–Trinajstić information content (AvgIpc) is 3.22. The molecule has 1 aliphatic heterocycles. The molecule has 0 aliphatic carbocycles. The van der Waals surface area contributed by atoms with Crippen LogP contribution in [0.4, 0.5) is 0 Å². The lowest BCUT2D eigenvalue weighted by molar-refractivity contribution is -0.275. The molecule has 0 amide bonds. The zero-order valence-corrected chi connectivity index (χ0v) is 22.2. The van der Waals surface area contributed by atoms with E-state index in [-0.39, 0.29) is 26.4 Å². The topological polar surface area (TPSA) is 89.5 Å². The van der Waals surface area contributed by atoms with Gasteiger partial charge in [-0.1, -0.05) is 91.0 Å². The summed E-state index contributed by atoms with van der Waals surface area (Å²) in [6.45, 7) is 3.13. The van der Waals surface area contributed by atoms with E-state index in [9.17, 15) is 9.59 Å². The lowest BCUT2D eigenvalue weighted by atomic mass is 10.0. The lowest BCUT2D eigenvalue weighted by Crippen LogP contribution is -2.52. The summed E-state index contributed by atoms with van der Waals surface area (Å²) in [7, 11) is 0. The van der Waals surface area contributed by atoms with Crippen molar-refractivity contribution in [2.24, 2.45) is 0 Å². The van der Waals surface area contributed by atoms with Crippen LogP contribution in [0.2, 0.25) is 0 Å². The maximum absolute atomic E-state index is 12.3. The number of carbonyl (C=O) groups is 2. The van der Waals surface area contributed by atoms with Crippen molar-refractivity contribution in [2.75, 3.05) is 13.2 Å². The molecule has 3 aromatic carbocycles. The summed E-state index contributed by atoms with van der Waals surface area (Å²) in [5.41, 5.74) is 2.86. The first-order valence-electron chi connectivity index (χ1n) is 12.9. The Kier molecular flexibility index (Phi) is 10.2. The van der Waals surface area contributed by atoms with Crippen LogP contribution in [0.1, 0.15) is 30.5 Å². The van der Waals surface area contributed by atoms with Crippen LogP contribution in [0.15, 0.2) is 91.0 Å². The third-order valence-electron chi connectivity index (χ3n) is 6.19. The summed E-state index contributed by atoms with van der Waals surface area (Å²) >= 11 is 0. The Hall–Kier alpha value is -3.56. The minimum absolute atomic E-state index is 0.128. The quantitative estimate of drug-likeness (QED) is 0.294. The van der Waals surface area contributed by atoms with E-state index in [0.717, 1.165) is 16.7 Å². The molecule has 1 saturated heterocycles. The minimum Gasteiger partial charge on any atom is -0.459 e. The third kappa shape index (κ3) is 8.21. The first kappa shape index (κ1) is 28.4. The molecule has 1 fully saturated rings. The van der Waals surface area contributed by atoms with Crippen molar-refractivity contribution in [3.8, 4) is 0 Å². The number of esters is 2. The second kappa shape index (κ2) is 14.0. The number of ether oxygens (including phenoxy) is 6. The molecule has 0 N–H and O–H groups in total. The number of rotatable bonds is 13. The summed E-state index contributed by atoms with van der Waals surface area (Å²) in [5, 5.41) is 0. The maximum atomic E-state index is 12.3. The average molecular weight is 535 g/mol. The van der Waals surface area contributed by atoms with Crippen LogP contribution < -0.4 is 0 Å². The van der Waals surface area contributed by atoms with Gasteiger partial charge in [0.2, 0.25) is 0 Å². The fourth-order valence-electron chi connectivity index (χ4n) is 4.45. The summed E-state index contributed by atoms with van der Waals surface area (Å²) in [6, 6.07) is 29.0. The summed E-state index contributed by atoms with van der Waals surface area (Å²) < 4.78 is 36.2. The van der Waals surface area contributed by atoms with Gasteiger partial charge >= 0.3 is 11.9 Å². The van der Waals surface area contributed by atoms with Gasteiger partial charge in [-0.25, -0.2) is 0 Å². The first-order chi connectivity index (χ1) is 18.9. The van der Waals surface area contributed by atoms with Gasteiger partial charge in [0.1, 0.15) is 12.2 Å². The van der Waals surface area contributed by atoms with Gasteiger partial charge in [0.05, 0.1) is 26.4 Å². The van der Waals surface area contributed by atoms with E-state index in [2.05, 4.69) is 0 Å². The first-order valence-corrected chi connectivity index (χ1v) is 12.9. The smallest absolute Gasteiger partial charge is 0.305 e. The van der Waals surface area contributed by atoms with Crippen LogP contribution in [0, 0.1) is 0 Å². The van der Waals surface area contributed by atoms with Gasteiger partial charge in [-0.05, 0) is 16.7 Å². The van der Waals surface area contributed by atoms with Crippen molar-refractivity contribution in [3.05, 3.63) is 108 Å². The van der Waals surface area contributed by atoms with E-state index in [1.54, 1.807) is 0 Å². The van der Waals surface area contributed by atoms with Crippen molar-refractivity contribution in [2.45, 2.75) is 57.8 Å². The number of hydrogen-bond acceptors (Lipinski definition) is 8. The molecular weight excluding hydrogens is 500 g/mol. The zero-order chi connectivity index (χ0) is 27.5. The van der Waals surface area contributed by atoms with Gasteiger partial charge in [-0.15, -0.1) is 0 Å².